The Morgan fingerprint density at radius 2 is 2.00 bits per heavy atom. The summed E-state index contributed by atoms with van der Waals surface area (Å²) in [7, 11) is -0.682. The van der Waals surface area contributed by atoms with Gasteiger partial charge in [-0.05, 0) is 37.3 Å². The molecule has 1 saturated heterocycles. The summed E-state index contributed by atoms with van der Waals surface area (Å²) in [6, 6.07) is 8.26. The first-order valence-electron chi connectivity index (χ1n) is 6.45. The summed E-state index contributed by atoms with van der Waals surface area (Å²) in [5, 5.41) is 0.359. The van der Waals surface area contributed by atoms with Crippen molar-refractivity contribution in [2.45, 2.75) is 30.9 Å². The summed E-state index contributed by atoms with van der Waals surface area (Å²) in [6.45, 7) is 1.56. The van der Waals surface area contributed by atoms with Crippen molar-refractivity contribution < 1.29 is 8.95 Å². The van der Waals surface area contributed by atoms with Crippen LogP contribution in [0.1, 0.15) is 24.8 Å². The maximum absolute atomic E-state index is 12.1. The molecule has 0 aliphatic carbocycles. The van der Waals surface area contributed by atoms with E-state index >= 15 is 0 Å². The van der Waals surface area contributed by atoms with E-state index in [2.05, 4.69) is 34.1 Å². The lowest BCUT2D eigenvalue weighted by molar-refractivity contribution is 0.0992. The zero-order chi connectivity index (χ0) is 12.8. The molecule has 0 bridgehead atoms. The molecule has 1 aromatic rings. The van der Waals surface area contributed by atoms with E-state index in [0.717, 1.165) is 49.1 Å². The van der Waals surface area contributed by atoms with Crippen molar-refractivity contribution in [1.82, 2.24) is 0 Å². The van der Waals surface area contributed by atoms with Gasteiger partial charge in [0.2, 0.25) is 0 Å². The van der Waals surface area contributed by atoms with Gasteiger partial charge in [0.1, 0.15) is 0 Å². The summed E-state index contributed by atoms with van der Waals surface area (Å²) in [4.78, 5) is 0. The van der Waals surface area contributed by atoms with Gasteiger partial charge in [0, 0.05) is 39.5 Å². The van der Waals surface area contributed by atoms with Crippen LogP contribution >= 0.6 is 15.9 Å². The van der Waals surface area contributed by atoms with E-state index in [4.69, 9.17) is 4.74 Å². The Labute approximate surface area is 120 Å². The fourth-order valence-corrected chi connectivity index (χ4v) is 4.17. The van der Waals surface area contributed by atoms with Gasteiger partial charge in [-0.1, -0.05) is 34.1 Å². The van der Waals surface area contributed by atoms with Gasteiger partial charge in [-0.3, -0.25) is 4.21 Å². The highest BCUT2D eigenvalue weighted by Crippen LogP contribution is 2.19. The van der Waals surface area contributed by atoms with E-state index in [-0.39, 0.29) is 0 Å². The van der Waals surface area contributed by atoms with Gasteiger partial charge >= 0.3 is 0 Å². The average Bonchev–Trinajstić information content (AvgIpc) is 2.42. The highest BCUT2D eigenvalue weighted by atomic mass is 79.9. The van der Waals surface area contributed by atoms with E-state index in [1.807, 2.05) is 6.07 Å². The second-order valence-electron chi connectivity index (χ2n) is 4.59. The van der Waals surface area contributed by atoms with Gasteiger partial charge in [0.25, 0.3) is 0 Å². The van der Waals surface area contributed by atoms with Crippen LogP contribution in [0.25, 0.3) is 0 Å². The smallest absolute Gasteiger partial charge is 0.0477 e. The van der Waals surface area contributed by atoms with Crippen molar-refractivity contribution in [3.05, 3.63) is 34.3 Å². The predicted molar refractivity (Wildman–Crippen MR) is 79.3 cm³/mol. The molecule has 0 aromatic heterocycles. The fraction of sp³-hybridized carbons (Fsp3) is 0.571. The molecule has 0 radical (unpaired) electrons. The Kier molecular flexibility index (Phi) is 5.86. The Balaban J connectivity index is 1.75. The van der Waals surface area contributed by atoms with Gasteiger partial charge in [-0.2, -0.15) is 0 Å². The molecule has 2 nitrogen and oxygen atoms in total. The number of rotatable bonds is 5. The fourth-order valence-electron chi connectivity index (χ4n) is 2.21. The number of benzene rings is 1. The molecule has 2 rings (SSSR count). The maximum atomic E-state index is 12.1. The standard InChI is InChI=1S/C14H19BrO2S/c15-14-6-2-1-4-12(14)5-3-11-18(16)13-7-9-17-10-8-13/h1-2,4,6,13H,3,5,7-11H2/t18-/m0/s1. The van der Waals surface area contributed by atoms with Gasteiger partial charge < -0.3 is 4.74 Å². The van der Waals surface area contributed by atoms with Crippen LogP contribution in [0.5, 0.6) is 0 Å². The third-order valence-electron chi connectivity index (χ3n) is 3.29. The molecule has 0 unspecified atom stereocenters. The molecule has 1 atom stereocenters. The molecule has 1 aromatic carbocycles. The average molecular weight is 331 g/mol. The monoisotopic (exact) mass is 330 g/mol. The zero-order valence-electron chi connectivity index (χ0n) is 10.4. The van der Waals surface area contributed by atoms with Crippen molar-refractivity contribution in [2.24, 2.45) is 0 Å². The first-order chi connectivity index (χ1) is 8.77. The topological polar surface area (TPSA) is 26.3 Å². The zero-order valence-corrected chi connectivity index (χ0v) is 12.8. The Bertz CT molecular complexity index is 403. The van der Waals surface area contributed by atoms with E-state index in [0.29, 0.717) is 5.25 Å². The van der Waals surface area contributed by atoms with Crippen LogP contribution in [0.2, 0.25) is 0 Å². The summed E-state index contributed by atoms with van der Waals surface area (Å²) in [5.41, 5.74) is 1.31. The number of aryl methyl sites for hydroxylation is 1. The van der Waals surface area contributed by atoms with Crippen LogP contribution in [-0.4, -0.2) is 28.4 Å². The number of hydrogen-bond acceptors (Lipinski definition) is 2. The molecule has 0 N–H and O–H groups in total. The molecule has 1 fully saturated rings. The molecule has 0 spiro atoms. The van der Waals surface area contributed by atoms with Crippen LogP contribution in [-0.2, 0) is 22.0 Å². The molecule has 1 aliphatic rings. The van der Waals surface area contributed by atoms with Crippen LogP contribution in [0, 0.1) is 0 Å². The second kappa shape index (κ2) is 7.41. The third kappa shape index (κ3) is 4.18. The Morgan fingerprint density at radius 3 is 2.72 bits per heavy atom. The van der Waals surface area contributed by atoms with E-state index in [1.54, 1.807) is 0 Å². The van der Waals surface area contributed by atoms with Crippen molar-refractivity contribution in [3.8, 4) is 0 Å². The second-order valence-corrected chi connectivity index (χ2v) is 7.28. The molecule has 18 heavy (non-hydrogen) atoms. The summed E-state index contributed by atoms with van der Waals surface area (Å²) >= 11 is 3.55. The highest BCUT2D eigenvalue weighted by Gasteiger charge is 2.19. The number of ether oxygens (including phenoxy) is 1. The molecule has 1 heterocycles. The van der Waals surface area contributed by atoms with Crippen molar-refractivity contribution >= 4 is 26.7 Å². The largest absolute Gasteiger partial charge is 0.381 e. The molecular weight excluding hydrogens is 312 g/mol. The summed E-state index contributed by atoms with van der Waals surface area (Å²) in [6.07, 6.45) is 3.91. The van der Waals surface area contributed by atoms with Crippen LogP contribution in [0.4, 0.5) is 0 Å². The van der Waals surface area contributed by atoms with Crippen molar-refractivity contribution in [1.29, 1.82) is 0 Å². The first kappa shape index (κ1) is 14.2. The van der Waals surface area contributed by atoms with Crippen LogP contribution in [0.15, 0.2) is 28.7 Å². The van der Waals surface area contributed by atoms with Gasteiger partial charge in [0.15, 0.2) is 0 Å². The highest BCUT2D eigenvalue weighted by molar-refractivity contribution is 9.10. The van der Waals surface area contributed by atoms with Gasteiger partial charge in [-0.15, -0.1) is 0 Å². The minimum absolute atomic E-state index is 0.359. The normalized spacial score (nSPS) is 18.7. The van der Waals surface area contributed by atoms with E-state index < -0.39 is 10.8 Å². The van der Waals surface area contributed by atoms with E-state index in [1.165, 1.54) is 5.56 Å². The predicted octanol–water partition coefficient (Wildman–Crippen LogP) is 3.31. The van der Waals surface area contributed by atoms with Gasteiger partial charge in [-0.25, -0.2) is 0 Å². The lowest BCUT2D eigenvalue weighted by Gasteiger charge is -2.21. The quantitative estimate of drug-likeness (QED) is 0.827. The maximum Gasteiger partial charge on any atom is 0.0477 e. The first-order valence-corrected chi connectivity index (χ1v) is 8.63. The SMILES string of the molecule is O=[S@@](CCCc1ccccc1Br)C1CCOCC1. The Morgan fingerprint density at radius 1 is 1.28 bits per heavy atom. The lowest BCUT2D eigenvalue weighted by Crippen LogP contribution is -2.26. The number of hydrogen-bond donors (Lipinski definition) is 0. The minimum atomic E-state index is -0.682. The summed E-state index contributed by atoms with van der Waals surface area (Å²) < 4.78 is 18.6. The molecule has 0 saturated carbocycles. The Hall–Kier alpha value is -0.190. The van der Waals surface area contributed by atoms with Crippen LogP contribution < -0.4 is 0 Å². The summed E-state index contributed by atoms with van der Waals surface area (Å²) in [5.74, 6) is 0.812. The molecule has 4 heteroatoms. The molecule has 0 amide bonds. The van der Waals surface area contributed by atoms with Gasteiger partial charge in [0.05, 0.1) is 0 Å². The van der Waals surface area contributed by atoms with Crippen molar-refractivity contribution in [3.63, 3.8) is 0 Å². The molecular formula is C14H19BrO2S. The van der Waals surface area contributed by atoms with Crippen molar-refractivity contribution in [2.75, 3.05) is 19.0 Å². The third-order valence-corrected chi connectivity index (χ3v) is 5.97. The minimum Gasteiger partial charge on any atom is -0.381 e. The van der Waals surface area contributed by atoms with E-state index in [9.17, 15) is 4.21 Å². The molecule has 100 valence electrons. The number of halogens is 1. The lowest BCUT2D eigenvalue weighted by atomic mass is 10.1. The molecule has 1 aliphatic heterocycles. The van der Waals surface area contributed by atoms with Crippen LogP contribution in [0.3, 0.4) is 0 Å².